The van der Waals surface area contributed by atoms with Gasteiger partial charge in [0.25, 0.3) is 0 Å². The quantitative estimate of drug-likeness (QED) is 0.754. The van der Waals surface area contributed by atoms with Crippen molar-refractivity contribution in [2.24, 2.45) is 5.92 Å². The summed E-state index contributed by atoms with van der Waals surface area (Å²) < 4.78 is 33.8. The van der Waals surface area contributed by atoms with Crippen LogP contribution in [-0.2, 0) is 14.3 Å². The Morgan fingerprint density at radius 3 is 2.52 bits per heavy atom. The van der Waals surface area contributed by atoms with Crippen LogP contribution in [0.4, 0.5) is 8.78 Å². The molecule has 0 aliphatic carbocycles. The van der Waals surface area contributed by atoms with Crippen molar-refractivity contribution in [1.29, 1.82) is 0 Å². The van der Waals surface area contributed by atoms with E-state index in [0.717, 1.165) is 0 Å². The van der Waals surface area contributed by atoms with Crippen LogP contribution in [0.25, 0.3) is 0 Å². The second-order valence-electron chi connectivity index (χ2n) is 5.36. The van der Waals surface area contributed by atoms with Crippen molar-refractivity contribution >= 4 is 11.9 Å². The molecule has 23 heavy (non-hydrogen) atoms. The van der Waals surface area contributed by atoms with Crippen LogP contribution in [0, 0.1) is 5.92 Å². The summed E-state index contributed by atoms with van der Waals surface area (Å²) in [7, 11) is 0. The van der Waals surface area contributed by atoms with E-state index in [-0.39, 0.29) is 18.1 Å². The Bertz CT molecular complexity index is 562. The van der Waals surface area contributed by atoms with Gasteiger partial charge in [-0.3, -0.25) is 9.59 Å². The van der Waals surface area contributed by atoms with Gasteiger partial charge in [0.1, 0.15) is 11.9 Å². The average Bonchev–Trinajstić information content (AvgIpc) is 2.88. The maximum atomic E-state index is 12.1. The van der Waals surface area contributed by atoms with Crippen molar-refractivity contribution in [1.82, 2.24) is 4.90 Å². The van der Waals surface area contributed by atoms with E-state index in [9.17, 15) is 18.4 Å². The average molecular weight is 327 g/mol. The number of amides is 1. The van der Waals surface area contributed by atoms with Crippen molar-refractivity contribution in [2.45, 2.75) is 33.0 Å². The molecule has 5 nitrogen and oxygen atoms in total. The second kappa shape index (κ2) is 7.39. The molecular formula is C16H19F2NO4. The number of alkyl halides is 2. The lowest BCUT2D eigenvalue weighted by Crippen LogP contribution is -2.26. The van der Waals surface area contributed by atoms with E-state index >= 15 is 0 Å². The van der Waals surface area contributed by atoms with Crippen molar-refractivity contribution in [3.05, 3.63) is 29.8 Å². The zero-order valence-electron chi connectivity index (χ0n) is 13.0. The SMILES string of the molecule is CCN1CC(C(=O)OC(C)c2ccc(OC(F)F)cc2)CC1=O. The summed E-state index contributed by atoms with van der Waals surface area (Å²) in [6.07, 6.45) is -0.366. The molecule has 1 amide bonds. The number of esters is 1. The highest BCUT2D eigenvalue weighted by molar-refractivity contribution is 5.86. The van der Waals surface area contributed by atoms with Crippen LogP contribution in [0.5, 0.6) is 5.75 Å². The molecular weight excluding hydrogens is 308 g/mol. The van der Waals surface area contributed by atoms with Gasteiger partial charge in [-0.2, -0.15) is 8.78 Å². The number of ether oxygens (including phenoxy) is 2. The third kappa shape index (κ3) is 4.40. The van der Waals surface area contributed by atoms with E-state index in [1.54, 1.807) is 24.0 Å². The number of carbonyl (C=O) groups is 2. The van der Waals surface area contributed by atoms with Gasteiger partial charge in [-0.25, -0.2) is 0 Å². The molecule has 0 saturated carbocycles. The Morgan fingerprint density at radius 1 is 1.35 bits per heavy atom. The van der Waals surface area contributed by atoms with E-state index in [4.69, 9.17) is 4.74 Å². The molecule has 1 aromatic rings. The highest BCUT2D eigenvalue weighted by Crippen LogP contribution is 2.25. The number of benzene rings is 1. The van der Waals surface area contributed by atoms with Crippen molar-refractivity contribution in [3.63, 3.8) is 0 Å². The fourth-order valence-corrected chi connectivity index (χ4v) is 2.49. The first-order valence-corrected chi connectivity index (χ1v) is 7.43. The lowest BCUT2D eigenvalue weighted by atomic mass is 10.1. The third-order valence-corrected chi connectivity index (χ3v) is 3.80. The van der Waals surface area contributed by atoms with Crippen LogP contribution in [0.2, 0.25) is 0 Å². The Hall–Kier alpha value is -2.18. The summed E-state index contributed by atoms with van der Waals surface area (Å²) in [5.74, 6) is -0.876. The largest absolute Gasteiger partial charge is 0.458 e. The minimum Gasteiger partial charge on any atom is -0.458 e. The molecule has 2 rings (SSSR count). The molecule has 1 heterocycles. The molecule has 1 aliphatic rings. The number of hydrogen-bond donors (Lipinski definition) is 0. The molecule has 0 N–H and O–H groups in total. The first-order chi connectivity index (χ1) is 10.9. The Morgan fingerprint density at radius 2 is 2.00 bits per heavy atom. The summed E-state index contributed by atoms with van der Waals surface area (Å²) in [5, 5.41) is 0. The van der Waals surface area contributed by atoms with Crippen molar-refractivity contribution in [2.75, 3.05) is 13.1 Å². The van der Waals surface area contributed by atoms with Gasteiger partial charge < -0.3 is 14.4 Å². The van der Waals surface area contributed by atoms with Gasteiger partial charge in [-0.1, -0.05) is 12.1 Å². The molecule has 0 bridgehead atoms. The Balaban J connectivity index is 1.92. The van der Waals surface area contributed by atoms with Crippen LogP contribution >= 0.6 is 0 Å². The van der Waals surface area contributed by atoms with Gasteiger partial charge in [-0.15, -0.1) is 0 Å². The number of nitrogens with zero attached hydrogens (tertiary/aromatic N) is 1. The lowest BCUT2D eigenvalue weighted by Gasteiger charge is -2.17. The Labute approximate surface area is 133 Å². The fourth-order valence-electron chi connectivity index (χ4n) is 2.49. The number of halogens is 2. The topological polar surface area (TPSA) is 55.8 Å². The summed E-state index contributed by atoms with van der Waals surface area (Å²) in [6.45, 7) is 1.62. The maximum absolute atomic E-state index is 12.1. The highest BCUT2D eigenvalue weighted by atomic mass is 19.3. The van der Waals surface area contributed by atoms with Gasteiger partial charge in [0.2, 0.25) is 5.91 Å². The van der Waals surface area contributed by atoms with Crippen LogP contribution < -0.4 is 4.74 Å². The first-order valence-electron chi connectivity index (χ1n) is 7.43. The molecule has 0 radical (unpaired) electrons. The molecule has 2 atom stereocenters. The molecule has 126 valence electrons. The zero-order valence-corrected chi connectivity index (χ0v) is 13.0. The van der Waals surface area contributed by atoms with Crippen molar-refractivity contribution in [3.8, 4) is 5.75 Å². The normalized spacial score (nSPS) is 19.1. The third-order valence-electron chi connectivity index (χ3n) is 3.80. The highest BCUT2D eigenvalue weighted by Gasteiger charge is 2.35. The summed E-state index contributed by atoms with van der Waals surface area (Å²) in [4.78, 5) is 25.4. The number of likely N-dealkylation sites (tertiary alicyclic amines) is 1. The number of rotatable bonds is 6. The van der Waals surface area contributed by atoms with Gasteiger partial charge in [0.05, 0.1) is 5.92 Å². The van der Waals surface area contributed by atoms with Gasteiger partial charge >= 0.3 is 12.6 Å². The molecule has 1 aromatic carbocycles. The minimum atomic E-state index is -2.88. The van der Waals surface area contributed by atoms with Crippen LogP contribution in [0.1, 0.15) is 31.9 Å². The van der Waals surface area contributed by atoms with Crippen LogP contribution in [0.15, 0.2) is 24.3 Å². The second-order valence-corrected chi connectivity index (χ2v) is 5.36. The van der Waals surface area contributed by atoms with E-state index in [1.807, 2.05) is 6.92 Å². The van der Waals surface area contributed by atoms with Gasteiger partial charge in [0.15, 0.2) is 0 Å². The van der Waals surface area contributed by atoms with Crippen LogP contribution in [0.3, 0.4) is 0 Å². The van der Waals surface area contributed by atoms with E-state index in [2.05, 4.69) is 4.74 Å². The molecule has 2 unspecified atom stereocenters. The standard InChI is InChI=1S/C16H19F2NO4/c1-3-19-9-12(8-14(19)20)15(21)22-10(2)11-4-6-13(7-5-11)23-16(17)18/h4-7,10,12,16H,3,8-9H2,1-2H3. The summed E-state index contributed by atoms with van der Waals surface area (Å²) in [5.41, 5.74) is 0.664. The van der Waals surface area contributed by atoms with Gasteiger partial charge in [0, 0.05) is 19.5 Å². The fraction of sp³-hybridized carbons (Fsp3) is 0.500. The lowest BCUT2D eigenvalue weighted by molar-refractivity contribution is -0.153. The smallest absolute Gasteiger partial charge is 0.387 e. The maximum Gasteiger partial charge on any atom is 0.387 e. The first kappa shape index (κ1) is 17.2. The zero-order chi connectivity index (χ0) is 17.0. The molecule has 0 aromatic heterocycles. The van der Waals surface area contributed by atoms with E-state index < -0.39 is 24.6 Å². The number of carbonyl (C=O) groups excluding carboxylic acids is 2. The van der Waals surface area contributed by atoms with Gasteiger partial charge in [-0.05, 0) is 31.5 Å². The van der Waals surface area contributed by atoms with Crippen molar-refractivity contribution < 1.29 is 27.8 Å². The minimum absolute atomic E-state index is 0.0438. The molecule has 1 saturated heterocycles. The monoisotopic (exact) mass is 327 g/mol. The molecule has 1 aliphatic heterocycles. The van der Waals surface area contributed by atoms with E-state index in [0.29, 0.717) is 18.7 Å². The predicted molar refractivity (Wildman–Crippen MR) is 77.9 cm³/mol. The molecule has 0 spiro atoms. The molecule has 1 fully saturated rings. The predicted octanol–water partition coefficient (Wildman–Crippen LogP) is 2.76. The summed E-state index contributed by atoms with van der Waals surface area (Å²) >= 11 is 0. The van der Waals surface area contributed by atoms with E-state index in [1.165, 1.54) is 12.1 Å². The molecule has 7 heteroatoms. The van der Waals surface area contributed by atoms with Crippen LogP contribution in [-0.4, -0.2) is 36.5 Å². The number of hydrogen-bond acceptors (Lipinski definition) is 4. The summed E-state index contributed by atoms with van der Waals surface area (Å²) in [6, 6.07) is 5.91. The Kier molecular flexibility index (Phi) is 5.52.